The summed E-state index contributed by atoms with van der Waals surface area (Å²) in [5.41, 5.74) is 0.523. The van der Waals surface area contributed by atoms with Gasteiger partial charge in [-0.2, -0.15) is 5.06 Å². The number of hydrogen-bond donors (Lipinski definition) is 0. The first kappa shape index (κ1) is 9.44. The van der Waals surface area contributed by atoms with E-state index in [0.29, 0.717) is 5.54 Å². The molecule has 0 aromatic carbocycles. The molecule has 2 heterocycles. The van der Waals surface area contributed by atoms with Crippen LogP contribution in [-0.4, -0.2) is 49.3 Å². The van der Waals surface area contributed by atoms with Crippen LogP contribution in [0.15, 0.2) is 0 Å². The van der Waals surface area contributed by atoms with Crippen LogP contribution in [0.4, 0.5) is 0 Å². The maximum atomic E-state index is 5.24. The third-order valence-corrected chi connectivity index (χ3v) is 3.86. The Kier molecular flexibility index (Phi) is 2.58. The van der Waals surface area contributed by atoms with Crippen LogP contribution in [-0.2, 0) is 4.84 Å². The number of hydroxylamine groups is 2. The molecule has 3 nitrogen and oxygen atoms in total. The van der Waals surface area contributed by atoms with Gasteiger partial charge in [0.05, 0.1) is 7.11 Å². The molecule has 0 amide bonds. The van der Waals surface area contributed by atoms with E-state index in [4.69, 9.17) is 4.84 Å². The third kappa shape index (κ3) is 1.60. The summed E-state index contributed by atoms with van der Waals surface area (Å²) >= 11 is 0. The molecule has 3 heteroatoms. The number of likely N-dealkylation sites (tertiary alicyclic amines) is 1. The highest BCUT2D eigenvalue weighted by atomic mass is 16.7. The molecule has 2 rings (SSSR count). The second-order valence-electron chi connectivity index (χ2n) is 4.36. The highest BCUT2D eigenvalue weighted by Crippen LogP contribution is 2.36. The maximum Gasteiger partial charge on any atom is 0.0575 e. The van der Waals surface area contributed by atoms with E-state index in [-0.39, 0.29) is 0 Å². The van der Waals surface area contributed by atoms with Crippen molar-refractivity contribution >= 4 is 0 Å². The van der Waals surface area contributed by atoms with Crippen molar-refractivity contribution in [2.24, 2.45) is 0 Å². The largest absolute Gasteiger partial charge is 0.302 e. The molecule has 2 aliphatic heterocycles. The Labute approximate surface area is 80.6 Å². The predicted molar refractivity (Wildman–Crippen MR) is 52.4 cm³/mol. The van der Waals surface area contributed by atoms with Crippen LogP contribution in [0.5, 0.6) is 0 Å². The monoisotopic (exact) mass is 184 g/mol. The zero-order valence-corrected chi connectivity index (χ0v) is 8.75. The highest BCUT2D eigenvalue weighted by molar-refractivity contribution is 4.96. The molecule has 0 radical (unpaired) electrons. The van der Waals surface area contributed by atoms with Gasteiger partial charge < -0.3 is 9.74 Å². The standard InChI is InChI=1S/C10H20N2O/c1-11-7-3-4-10(11)5-8-12(13-2)9-6-10/h3-9H2,1-2H3. The summed E-state index contributed by atoms with van der Waals surface area (Å²) in [6.45, 7) is 3.48. The Morgan fingerprint density at radius 2 is 1.77 bits per heavy atom. The van der Waals surface area contributed by atoms with Crippen molar-refractivity contribution in [3.05, 3.63) is 0 Å². The Morgan fingerprint density at radius 3 is 2.23 bits per heavy atom. The third-order valence-electron chi connectivity index (χ3n) is 3.86. The van der Waals surface area contributed by atoms with Crippen LogP contribution in [0.3, 0.4) is 0 Å². The van der Waals surface area contributed by atoms with Gasteiger partial charge in [-0.15, -0.1) is 0 Å². The van der Waals surface area contributed by atoms with Crippen molar-refractivity contribution in [2.75, 3.05) is 33.8 Å². The lowest BCUT2D eigenvalue weighted by Crippen LogP contribution is -2.50. The lowest BCUT2D eigenvalue weighted by molar-refractivity contribution is -0.158. The molecule has 0 unspecified atom stereocenters. The van der Waals surface area contributed by atoms with Crippen molar-refractivity contribution in [1.29, 1.82) is 0 Å². The lowest BCUT2D eigenvalue weighted by atomic mass is 9.86. The predicted octanol–water partition coefficient (Wildman–Crippen LogP) is 1.11. The van der Waals surface area contributed by atoms with Crippen LogP contribution in [0, 0.1) is 0 Å². The van der Waals surface area contributed by atoms with Crippen molar-refractivity contribution in [3.63, 3.8) is 0 Å². The first-order chi connectivity index (χ1) is 6.27. The Morgan fingerprint density at radius 1 is 1.08 bits per heavy atom. The van der Waals surface area contributed by atoms with Gasteiger partial charge in [0, 0.05) is 18.6 Å². The summed E-state index contributed by atoms with van der Waals surface area (Å²) in [6.07, 6.45) is 5.32. The summed E-state index contributed by atoms with van der Waals surface area (Å²) in [5, 5.41) is 2.08. The summed E-state index contributed by atoms with van der Waals surface area (Å²) in [4.78, 5) is 7.80. The van der Waals surface area contributed by atoms with Crippen LogP contribution in [0.1, 0.15) is 25.7 Å². The van der Waals surface area contributed by atoms with Crippen molar-refractivity contribution < 1.29 is 4.84 Å². The van der Waals surface area contributed by atoms with Gasteiger partial charge in [0.2, 0.25) is 0 Å². The lowest BCUT2D eigenvalue weighted by Gasteiger charge is -2.42. The molecule has 0 aromatic heterocycles. The minimum atomic E-state index is 0.523. The number of rotatable bonds is 1. The van der Waals surface area contributed by atoms with Gasteiger partial charge in [-0.05, 0) is 39.3 Å². The average Bonchev–Trinajstić information content (AvgIpc) is 2.50. The molecule has 76 valence electrons. The molecule has 0 N–H and O–H groups in total. The second-order valence-corrected chi connectivity index (χ2v) is 4.36. The smallest absolute Gasteiger partial charge is 0.0575 e. The summed E-state index contributed by atoms with van der Waals surface area (Å²) in [7, 11) is 4.05. The van der Waals surface area contributed by atoms with E-state index in [1.807, 2.05) is 0 Å². The SMILES string of the molecule is CON1CCC2(CCCN2C)CC1. The molecule has 2 fully saturated rings. The quantitative estimate of drug-likeness (QED) is 0.607. The molecule has 1 spiro atoms. The summed E-state index contributed by atoms with van der Waals surface area (Å²) in [6, 6.07) is 0. The van der Waals surface area contributed by atoms with E-state index < -0.39 is 0 Å². The zero-order chi connectivity index (χ0) is 9.31. The summed E-state index contributed by atoms with van der Waals surface area (Å²) < 4.78 is 0. The van der Waals surface area contributed by atoms with E-state index >= 15 is 0 Å². The molecule has 0 aliphatic carbocycles. The molecule has 0 atom stereocenters. The number of hydrogen-bond acceptors (Lipinski definition) is 3. The van der Waals surface area contributed by atoms with Gasteiger partial charge in [-0.25, -0.2) is 0 Å². The van der Waals surface area contributed by atoms with Crippen molar-refractivity contribution in [1.82, 2.24) is 9.96 Å². The van der Waals surface area contributed by atoms with Crippen molar-refractivity contribution in [2.45, 2.75) is 31.2 Å². The van der Waals surface area contributed by atoms with E-state index in [1.165, 1.54) is 32.2 Å². The molecule has 2 aliphatic rings. The topological polar surface area (TPSA) is 15.7 Å². The molecular formula is C10H20N2O. The van der Waals surface area contributed by atoms with Gasteiger partial charge in [0.15, 0.2) is 0 Å². The number of piperidine rings is 1. The van der Waals surface area contributed by atoms with Crippen LogP contribution >= 0.6 is 0 Å². The van der Waals surface area contributed by atoms with E-state index in [1.54, 1.807) is 7.11 Å². The molecule has 13 heavy (non-hydrogen) atoms. The zero-order valence-electron chi connectivity index (χ0n) is 8.75. The van der Waals surface area contributed by atoms with Crippen LogP contribution < -0.4 is 0 Å². The van der Waals surface area contributed by atoms with E-state index in [2.05, 4.69) is 17.0 Å². The van der Waals surface area contributed by atoms with Crippen molar-refractivity contribution in [3.8, 4) is 0 Å². The number of nitrogens with zero attached hydrogens (tertiary/aromatic N) is 2. The van der Waals surface area contributed by atoms with Gasteiger partial charge in [0.1, 0.15) is 0 Å². The fraction of sp³-hybridized carbons (Fsp3) is 1.00. The summed E-state index contributed by atoms with van der Waals surface area (Å²) in [5.74, 6) is 0. The Balaban J connectivity index is 1.95. The fourth-order valence-corrected chi connectivity index (χ4v) is 2.79. The Hall–Kier alpha value is -0.120. The molecule has 0 saturated carbocycles. The normalized spacial score (nSPS) is 30.0. The first-order valence-corrected chi connectivity index (χ1v) is 5.27. The van der Waals surface area contributed by atoms with Gasteiger partial charge in [-0.3, -0.25) is 0 Å². The second kappa shape index (κ2) is 3.56. The molecule has 0 bridgehead atoms. The maximum absolute atomic E-state index is 5.24. The molecule has 0 aromatic rings. The first-order valence-electron chi connectivity index (χ1n) is 5.27. The van der Waals surface area contributed by atoms with Gasteiger partial charge in [0.25, 0.3) is 0 Å². The fourth-order valence-electron chi connectivity index (χ4n) is 2.79. The molecular weight excluding hydrogens is 164 g/mol. The van der Waals surface area contributed by atoms with E-state index in [0.717, 1.165) is 13.1 Å². The van der Waals surface area contributed by atoms with Crippen LogP contribution in [0.2, 0.25) is 0 Å². The average molecular weight is 184 g/mol. The minimum absolute atomic E-state index is 0.523. The Bertz CT molecular complexity index is 176. The molecule has 2 saturated heterocycles. The van der Waals surface area contributed by atoms with Gasteiger partial charge in [-0.1, -0.05) is 0 Å². The van der Waals surface area contributed by atoms with E-state index in [9.17, 15) is 0 Å². The van der Waals surface area contributed by atoms with Gasteiger partial charge >= 0.3 is 0 Å². The van der Waals surface area contributed by atoms with Crippen LogP contribution in [0.25, 0.3) is 0 Å². The minimum Gasteiger partial charge on any atom is -0.302 e. The highest BCUT2D eigenvalue weighted by Gasteiger charge is 2.40.